The summed E-state index contributed by atoms with van der Waals surface area (Å²) in [7, 11) is 0. The molecule has 5 heteroatoms. The molecule has 0 heterocycles. The van der Waals surface area contributed by atoms with Gasteiger partial charge in [0.1, 0.15) is 11.2 Å². The average Bonchev–Trinajstić information content (AvgIpc) is 2.60. The molecule has 3 nitrogen and oxygen atoms in total. The maximum atomic E-state index is 13.4. The van der Waals surface area contributed by atoms with Crippen LogP contribution < -0.4 is 0 Å². The zero-order valence-corrected chi connectivity index (χ0v) is 21.9. The number of ether oxygens (including phenoxy) is 2. The predicted octanol–water partition coefficient (Wildman–Crippen LogP) is 8.06. The van der Waals surface area contributed by atoms with Gasteiger partial charge in [0.15, 0.2) is 0 Å². The van der Waals surface area contributed by atoms with E-state index in [9.17, 15) is 4.79 Å². The van der Waals surface area contributed by atoms with Gasteiger partial charge >= 0.3 is 6.16 Å². The van der Waals surface area contributed by atoms with E-state index in [1.165, 1.54) is 0 Å². The molecule has 0 N–H and O–H groups in total. The van der Waals surface area contributed by atoms with Crippen molar-refractivity contribution in [3.63, 3.8) is 0 Å². The Bertz CT molecular complexity index is 529. The van der Waals surface area contributed by atoms with Gasteiger partial charge in [-0.05, 0) is 63.2 Å². The van der Waals surface area contributed by atoms with Gasteiger partial charge in [-0.1, -0.05) is 54.4 Å². The van der Waals surface area contributed by atoms with Gasteiger partial charge in [0, 0.05) is 11.8 Å². The summed E-state index contributed by atoms with van der Waals surface area (Å²) in [5.41, 5.74) is -1.40. The summed E-state index contributed by atoms with van der Waals surface area (Å²) in [6.45, 7) is 17.2. The molecule has 2 fully saturated rings. The number of halogens is 2. The zero-order valence-electron chi connectivity index (χ0n) is 20.3. The van der Waals surface area contributed by atoms with Crippen molar-refractivity contribution in [1.29, 1.82) is 0 Å². The highest BCUT2D eigenvalue weighted by Crippen LogP contribution is 2.50. The molecule has 0 saturated heterocycles. The molecule has 0 spiro atoms. The van der Waals surface area contributed by atoms with Crippen LogP contribution in [0.3, 0.4) is 0 Å². The minimum Gasteiger partial charge on any atom is -0.426 e. The third kappa shape index (κ3) is 5.25. The normalized spacial score (nSPS) is 39.6. The Balaban J connectivity index is 2.34. The summed E-state index contributed by atoms with van der Waals surface area (Å²) in [6.07, 6.45) is 5.29. The van der Waals surface area contributed by atoms with Crippen LogP contribution in [0.4, 0.5) is 4.79 Å². The lowest BCUT2D eigenvalue weighted by Gasteiger charge is -2.51. The first kappa shape index (κ1) is 26.1. The lowest BCUT2D eigenvalue weighted by molar-refractivity contribution is -0.155. The van der Waals surface area contributed by atoms with E-state index >= 15 is 0 Å². The van der Waals surface area contributed by atoms with Crippen molar-refractivity contribution in [2.45, 2.75) is 116 Å². The number of carbonyl (C=O) groups is 1. The molecule has 0 unspecified atom stereocenters. The lowest BCUT2D eigenvalue weighted by Crippen LogP contribution is -2.57. The molecule has 0 bridgehead atoms. The quantitative estimate of drug-likeness (QED) is 0.295. The van der Waals surface area contributed by atoms with Crippen LogP contribution >= 0.6 is 23.2 Å². The first-order valence-corrected chi connectivity index (χ1v) is 12.9. The van der Waals surface area contributed by atoms with Crippen LogP contribution in [0.2, 0.25) is 0 Å². The summed E-state index contributed by atoms with van der Waals surface area (Å²) < 4.78 is 12.5. The van der Waals surface area contributed by atoms with Gasteiger partial charge in [-0.25, -0.2) is 4.79 Å². The molecule has 0 aliphatic heterocycles. The van der Waals surface area contributed by atoms with E-state index in [1.807, 2.05) is 13.8 Å². The second kappa shape index (κ2) is 10.2. The van der Waals surface area contributed by atoms with Crippen LogP contribution in [0.15, 0.2) is 0 Å². The molecular weight excluding hydrogens is 419 g/mol. The molecule has 2 rings (SSSR count). The number of carbonyl (C=O) groups excluding carboxylic acids is 1. The molecule has 0 aromatic rings. The SMILES string of the molecule is CC(C)[C@@H]1CC[C@@H](C)C[C@]1(OC(=O)O[C@]1([C@@H](C)Cl)C[C@H](C)CC[C@H]1C(C)C)[C@@H](C)Cl. The summed E-state index contributed by atoms with van der Waals surface area (Å²) >= 11 is 13.5. The molecule has 2 saturated carbocycles. The number of hydrogen-bond acceptors (Lipinski definition) is 3. The van der Waals surface area contributed by atoms with Crippen molar-refractivity contribution in [3.8, 4) is 0 Å². The molecular formula is C25H44Cl2O3. The Labute approximate surface area is 194 Å². The average molecular weight is 464 g/mol. The van der Waals surface area contributed by atoms with Crippen LogP contribution in [0.5, 0.6) is 0 Å². The molecule has 0 aromatic carbocycles. The molecule has 30 heavy (non-hydrogen) atoms. The highest BCUT2D eigenvalue weighted by atomic mass is 35.5. The molecule has 176 valence electrons. The van der Waals surface area contributed by atoms with Crippen molar-refractivity contribution >= 4 is 29.4 Å². The maximum absolute atomic E-state index is 13.4. The van der Waals surface area contributed by atoms with E-state index < -0.39 is 17.4 Å². The maximum Gasteiger partial charge on any atom is 0.509 e. The molecule has 2 aliphatic rings. The fraction of sp³-hybridized carbons (Fsp3) is 0.960. The fourth-order valence-electron chi connectivity index (χ4n) is 6.45. The van der Waals surface area contributed by atoms with Crippen LogP contribution in [0, 0.1) is 35.5 Å². The second-order valence-corrected chi connectivity index (χ2v) is 12.4. The smallest absolute Gasteiger partial charge is 0.426 e. The number of hydrogen-bond donors (Lipinski definition) is 0. The Morgan fingerprint density at radius 2 is 1.07 bits per heavy atom. The van der Waals surface area contributed by atoms with Gasteiger partial charge in [0.05, 0.1) is 10.8 Å². The highest BCUT2D eigenvalue weighted by molar-refractivity contribution is 6.21. The first-order chi connectivity index (χ1) is 13.9. The van der Waals surface area contributed by atoms with Crippen molar-refractivity contribution in [2.24, 2.45) is 35.5 Å². The Morgan fingerprint density at radius 3 is 1.33 bits per heavy atom. The van der Waals surface area contributed by atoms with Crippen LogP contribution in [0.25, 0.3) is 0 Å². The third-order valence-corrected chi connectivity index (χ3v) is 8.77. The van der Waals surface area contributed by atoms with E-state index in [0.29, 0.717) is 23.7 Å². The number of rotatable bonds is 6. The Hall–Kier alpha value is -0.150. The van der Waals surface area contributed by atoms with Gasteiger partial charge in [0.2, 0.25) is 0 Å². The standard InChI is InChI=1S/C25H44Cl2O3/c1-15(2)21-11-9-17(5)13-24(21,19(7)26)29-23(28)30-25(20(8)27)14-18(6)10-12-22(25)16(3)4/h15-22H,9-14H2,1-8H3/t17-,18-,19-,20-,21+,22+,24+,25+/m1/s1. The van der Waals surface area contributed by atoms with E-state index in [-0.39, 0.29) is 22.6 Å². The molecule has 8 atom stereocenters. The van der Waals surface area contributed by atoms with Gasteiger partial charge in [-0.2, -0.15) is 0 Å². The van der Waals surface area contributed by atoms with Crippen LogP contribution in [-0.2, 0) is 9.47 Å². The van der Waals surface area contributed by atoms with E-state index in [4.69, 9.17) is 32.7 Å². The van der Waals surface area contributed by atoms with Gasteiger partial charge in [-0.15, -0.1) is 23.2 Å². The van der Waals surface area contributed by atoms with Gasteiger partial charge in [0.25, 0.3) is 0 Å². The van der Waals surface area contributed by atoms with Crippen molar-refractivity contribution in [3.05, 3.63) is 0 Å². The molecule has 0 amide bonds. The minimum absolute atomic E-state index is 0.226. The van der Waals surface area contributed by atoms with Crippen LogP contribution in [0.1, 0.15) is 93.9 Å². The summed E-state index contributed by atoms with van der Waals surface area (Å²) in [6, 6.07) is 0. The second-order valence-electron chi connectivity index (χ2n) is 11.1. The van der Waals surface area contributed by atoms with E-state index in [0.717, 1.165) is 38.5 Å². The molecule has 2 aliphatic carbocycles. The largest absolute Gasteiger partial charge is 0.509 e. The van der Waals surface area contributed by atoms with Crippen molar-refractivity contribution in [1.82, 2.24) is 0 Å². The highest BCUT2D eigenvalue weighted by Gasteiger charge is 2.54. The minimum atomic E-state index is -0.700. The molecule has 0 radical (unpaired) electrons. The summed E-state index contributed by atoms with van der Waals surface area (Å²) in [4.78, 5) is 13.4. The van der Waals surface area contributed by atoms with Crippen LogP contribution in [-0.4, -0.2) is 28.1 Å². The Morgan fingerprint density at radius 1 is 0.733 bits per heavy atom. The predicted molar refractivity (Wildman–Crippen MR) is 126 cm³/mol. The fourth-order valence-corrected chi connectivity index (χ4v) is 7.04. The Kier molecular flexibility index (Phi) is 8.87. The summed E-state index contributed by atoms with van der Waals surface area (Å²) in [5.74, 6) is 2.14. The van der Waals surface area contributed by atoms with Gasteiger partial charge < -0.3 is 9.47 Å². The monoisotopic (exact) mass is 462 g/mol. The first-order valence-electron chi connectivity index (χ1n) is 12.1. The third-order valence-electron chi connectivity index (χ3n) is 8.03. The lowest BCUT2D eigenvalue weighted by atomic mass is 9.65. The van der Waals surface area contributed by atoms with Crippen molar-refractivity contribution in [2.75, 3.05) is 0 Å². The van der Waals surface area contributed by atoms with E-state index in [1.54, 1.807) is 0 Å². The molecule has 0 aromatic heterocycles. The van der Waals surface area contributed by atoms with Gasteiger partial charge in [-0.3, -0.25) is 0 Å². The van der Waals surface area contributed by atoms with E-state index in [2.05, 4.69) is 41.5 Å². The number of alkyl halides is 2. The topological polar surface area (TPSA) is 35.5 Å². The zero-order chi connectivity index (χ0) is 22.9. The van der Waals surface area contributed by atoms with Crippen molar-refractivity contribution < 1.29 is 14.3 Å². The summed E-state index contributed by atoms with van der Waals surface area (Å²) in [5, 5.41) is -0.563.